The summed E-state index contributed by atoms with van der Waals surface area (Å²) in [5.74, 6) is 2.50. The van der Waals surface area contributed by atoms with Gasteiger partial charge in [0.2, 0.25) is 6.29 Å². The van der Waals surface area contributed by atoms with Crippen molar-refractivity contribution in [3.63, 3.8) is 0 Å². The van der Waals surface area contributed by atoms with Crippen LogP contribution in [0.5, 0.6) is 17.2 Å². The highest BCUT2D eigenvalue weighted by molar-refractivity contribution is 5.97. The number of rotatable bonds is 15. The van der Waals surface area contributed by atoms with E-state index in [4.69, 9.17) is 33.2 Å². The lowest BCUT2D eigenvalue weighted by molar-refractivity contribution is -0.266. The van der Waals surface area contributed by atoms with Gasteiger partial charge in [-0.15, -0.1) is 0 Å². The number of Topliss-reactive ketones (excluding diaryl/α,β-unsaturated/α-hetero) is 1. The van der Waals surface area contributed by atoms with Gasteiger partial charge in [-0.2, -0.15) is 0 Å². The van der Waals surface area contributed by atoms with Gasteiger partial charge in [-0.05, 0) is 91.7 Å². The molecule has 0 radical (unpaired) electrons. The van der Waals surface area contributed by atoms with E-state index in [1.165, 1.54) is 49.7 Å². The molecule has 2 aromatic rings. The van der Waals surface area contributed by atoms with Crippen molar-refractivity contribution < 1.29 is 58.1 Å². The lowest BCUT2D eigenvalue weighted by atomic mass is 9.55. The van der Waals surface area contributed by atoms with E-state index in [-0.39, 0.29) is 18.6 Å². The molecule has 3 N–H and O–H groups in total. The van der Waals surface area contributed by atoms with Crippen LogP contribution in [-0.2, 0) is 35.0 Å². The molecular weight excluding hydrogens is 807 g/mol. The predicted octanol–water partition coefficient (Wildman–Crippen LogP) is 7.07. The number of hydrogen-bond acceptors (Lipinski definition) is 12. The Hall–Kier alpha value is -3.30. The largest absolute Gasteiger partial charge is 0.487 e. The van der Waals surface area contributed by atoms with Crippen molar-refractivity contribution in [1.82, 2.24) is 0 Å². The van der Waals surface area contributed by atoms with Gasteiger partial charge in [-0.1, -0.05) is 77.7 Å². The molecule has 0 bridgehead atoms. The van der Waals surface area contributed by atoms with Crippen molar-refractivity contribution in [2.45, 2.75) is 153 Å². The van der Waals surface area contributed by atoms with Crippen LogP contribution in [0.3, 0.4) is 0 Å². The lowest BCUT2D eigenvalue weighted by Crippen LogP contribution is -2.63. The summed E-state index contributed by atoms with van der Waals surface area (Å²) in [5, 5.41) is 33.8. The fourth-order valence-corrected chi connectivity index (χ4v) is 10.8. The van der Waals surface area contributed by atoms with E-state index in [0.717, 1.165) is 51.4 Å². The number of fused-ring (bicyclic) bond motifs is 6. The van der Waals surface area contributed by atoms with Crippen LogP contribution in [0.1, 0.15) is 127 Å². The van der Waals surface area contributed by atoms with Crippen LogP contribution >= 0.6 is 0 Å². The number of carbonyl (C=O) groups excluding carboxylic acids is 2. The number of hydrogen-bond donors (Lipinski definition) is 3. The highest BCUT2D eigenvalue weighted by Gasteiger charge is 2.55. The van der Waals surface area contributed by atoms with E-state index in [2.05, 4.69) is 19.9 Å². The van der Waals surface area contributed by atoms with Gasteiger partial charge in [-0.3, -0.25) is 9.59 Å². The van der Waals surface area contributed by atoms with E-state index in [1.807, 2.05) is 12.1 Å². The molecule has 350 valence electrons. The molecule has 1 amide bonds. The Morgan fingerprint density at radius 3 is 2.08 bits per heavy atom. The first-order valence-electron chi connectivity index (χ1n) is 24.2. The van der Waals surface area contributed by atoms with Crippen LogP contribution in [0.25, 0.3) is 0 Å². The summed E-state index contributed by atoms with van der Waals surface area (Å²) < 4.78 is 41.5. The van der Waals surface area contributed by atoms with Gasteiger partial charge in [-0.25, -0.2) is 0 Å². The molecule has 0 unspecified atom stereocenters. The molecule has 13 heteroatoms. The maximum absolute atomic E-state index is 14.7. The van der Waals surface area contributed by atoms with Crippen LogP contribution < -0.4 is 19.1 Å². The van der Waals surface area contributed by atoms with Crippen molar-refractivity contribution in [1.29, 1.82) is 0 Å². The minimum atomic E-state index is -1.72. The summed E-state index contributed by atoms with van der Waals surface area (Å²) in [5.41, 5.74) is 2.77. The van der Waals surface area contributed by atoms with E-state index < -0.39 is 36.6 Å². The van der Waals surface area contributed by atoms with Gasteiger partial charge in [0.1, 0.15) is 43.1 Å². The molecule has 2 saturated carbocycles. The molecule has 7 rings (SSSR count). The van der Waals surface area contributed by atoms with E-state index >= 15 is 0 Å². The molecule has 3 fully saturated rings. The Labute approximate surface area is 374 Å². The third kappa shape index (κ3) is 11.8. The number of aliphatic hydroxyl groups excluding tert-OH is 3. The fourth-order valence-electron chi connectivity index (χ4n) is 10.8. The second kappa shape index (κ2) is 23.2. The Morgan fingerprint density at radius 1 is 0.730 bits per heavy atom. The van der Waals surface area contributed by atoms with Crippen LogP contribution in [0.2, 0.25) is 0 Å². The van der Waals surface area contributed by atoms with Gasteiger partial charge in [0.25, 0.3) is 5.91 Å². The number of anilines is 1. The second-order valence-electron chi connectivity index (χ2n) is 18.5. The molecule has 13 nitrogen and oxygen atoms in total. The Balaban J connectivity index is 1.06. The maximum Gasteiger partial charge on any atom is 0.259 e. The smallest absolute Gasteiger partial charge is 0.259 e. The summed E-state index contributed by atoms with van der Waals surface area (Å²) in [6.07, 6.45) is 8.65. The zero-order chi connectivity index (χ0) is 44.2. The van der Waals surface area contributed by atoms with E-state index in [1.54, 1.807) is 23.1 Å². The van der Waals surface area contributed by atoms with Crippen molar-refractivity contribution in [3.05, 3.63) is 47.5 Å². The lowest BCUT2D eigenvalue weighted by Gasteiger charge is -2.48. The van der Waals surface area contributed by atoms with Gasteiger partial charge < -0.3 is 53.4 Å². The third-order valence-corrected chi connectivity index (χ3v) is 14.4. The molecule has 3 aliphatic carbocycles. The summed E-state index contributed by atoms with van der Waals surface area (Å²) in [6, 6.07) is 11.2. The number of aliphatic hydroxyl groups is 3. The number of nitrogens with zero attached hydrogens (tertiary/aromatic N) is 1. The zero-order valence-electron chi connectivity index (χ0n) is 37.7. The summed E-state index contributed by atoms with van der Waals surface area (Å²) in [4.78, 5) is 29.2. The van der Waals surface area contributed by atoms with Crippen molar-refractivity contribution in [3.8, 4) is 17.2 Å². The molecule has 0 aromatic heterocycles. The highest BCUT2D eigenvalue weighted by atomic mass is 16.7. The van der Waals surface area contributed by atoms with Crippen molar-refractivity contribution in [2.24, 2.45) is 17.3 Å². The average molecular weight is 880 g/mol. The molecular formula is C50H73NO12. The van der Waals surface area contributed by atoms with Crippen LogP contribution in [0.4, 0.5) is 5.69 Å². The molecule has 63 heavy (non-hydrogen) atoms. The summed E-state index contributed by atoms with van der Waals surface area (Å²) >= 11 is 0. The molecule has 2 aliphatic heterocycles. The zero-order valence-corrected chi connectivity index (χ0v) is 37.7. The van der Waals surface area contributed by atoms with E-state index in [0.29, 0.717) is 106 Å². The van der Waals surface area contributed by atoms with Gasteiger partial charge >= 0.3 is 0 Å². The van der Waals surface area contributed by atoms with Crippen LogP contribution in [0.15, 0.2) is 36.4 Å². The average Bonchev–Trinajstić information content (AvgIpc) is 3.59. The van der Waals surface area contributed by atoms with Gasteiger partial charge in [0.15, 0.2) is 17.6 Å². The monoisotopic (exact) mass is 880 g/mol. The minimum absolute atomic E-state index is 0.197. The number of benzene rings is 2. The molecule has 2 heterocycles. The minimum Gasteiger partial charge on any atom is -0.487 e. The van der Waals surface area contributed by atoms with Crippen molar-refractivity contribution in [2.75, 3.05) is 64.3 Å². The van der Waals surface area contributed by atoms with E-state index in [9.17, 15) is 24.9 Å². The number of ether oxygens (including phenoxy) is 7. The van der Waals surface area contributed by atoms with Crippen LogP contribution in [-0.4, -0.2) is 117 Å². The maximum atomic E-state index is 14.7. The molecule has 0 spiro atoms. The Morgan fingerprint density at radius 2 is 1.38 bits per heavy atom. The number of aryl methyl sites for hydroxylation is 1. The predicted molar refractivity (Wildman–Crippen MR) is 237 cm³/mol. The van der Waals surface area contributed by atoms with Gasteiger partial charge in [0, 0.05) is 30.1 Å². The number of unbranched alkanes of at least 4 members (excludes halogenated alkanes) is 9. The number of ketones is 1. The summed E-state index contributed by atoms with van der Waals surface area (Å²) in [6.45, 7) is 7.69. The standard InChI is InChI=1S/C50H73NO12/c1-3-4-5-6-7-8-9-10-11-12-23-51(35-14-19-41-42(33-35)61-31-29-59-27-25-57-24-26-58-28-30-60-41)48(56)47-45(54)44(53)46(55)49(63-47)62-36-15-17-37-34(32-36)13-16-39-38(37)21-22-50(2)40(39)18-20-43(50)52/h14-15,17,19,32-33,38-40,44-47,49,53-55H,3-13,16,18,20-31H2,1-2H3/t38-,39-,40+,44+,45+,46-,47+,49-,50+/m1/s1. The topological polar surface area (TPSA) is 163 Å². The number of carbonyl (C=O) groups is 2. The molecule has 9 atom stereocenters. The first kappa shape index (κ1) is 47.7. The Kier molecular flexibility index (Phi) is 17.6. The first-order valence-corrected chi connectivity index (χ1v) is 24.2. The third-order valence-electron chi connectivity index (χ3n) is 14.4. The van der Waals surface area contributed by atoms with Gasteiger partial charge in [0.05, 0.1) is 39.6 Å². The highest BCUT2D eigenvalue weighted by Crippen LogP contribution is 2.59. The molecule has 2 aromatic carbocycles. The molecule has 5 aliphatic rings. The Bertz CT molecular complexity index is 1770. The van der Waals surface area contributed by atoms with Crippen LogP contribution in [0, 0.1) is 17.3 Å². The SMILES string of the molecule is CCCCCCCCCCCCN(C(=O)[C@H]1O[C@@H](Oc2ccc3c(c2)CC[C@@H]2[C@@H]3CC[C@]3(C)C(=O)CC[C@@H]23)[C@H](O)[C@@H](O)[C@@H]1O)c1ccc2c(c1)OCCOCCOCCOCCO2. The fraction of sp³-hybridized carbons (Fsp3) is 0.720. The van der Waals surface area contributed by atoms with Crippen molar-refractivity contribution >= 4 is 17.4 Å². The second-order valence-corrected chi connectivity index (χ2v) is 18.5. The molecule has 1 saturated heterocycles. The number of amides is 1. The first-order chi connectivity index (χ1) is 30.7. The quantitative estimate of drug-likeness (QED) is 0.156. The summed E-state index contributed by atoms with van der Waals surface area (Å²) in [7, 11) is 0. The normalized spacial score (nSPS) is 30.3.